The van der Waals surface area contributed by atoms with E-state index in [1.807, 2.05) is 47.6 Å². The highest BCUT2D eigenvalue weighted by Crippen LogP contribution is 2.47. The van der Waals surface area contributed by atoms with Crippen molar-refractivity contribution in [2.24, 2.45) is 0 Å². The van der Waals surface area contributed by atoms with Gasteiger partial charge in [-0.15, -0.1) is 0 Å². The molecule has 0 radical (unpaired) electrons. The Labute approximate surface area is 201 Å². The summed E-state index contributed by atoms with van der Waals surface area (Å²) in [5, 5.41) is 29.3. The van der Waals surface area contributed by atoms with Gasteiger partial charge in [-0.05, 0) is 59.1 Å². The van der Waals surface area contributed by atoms with Crippen LogP contribution in [0.3, 0.4) is 0 Å². The van der Waals surface area contributed by atoms with E-state index in [4.69, 9.17) is 14.3 Å². The molecule has 3 aromatic rings. The lowest BCUT2D eigenvalue weighted by molar-refractivity contribution is 0.0827. The quantitative estimate of drug-likeness (QED) is 0.242. The van der Waals surface area contributed by atoms with Gasteiger partial charge in [-0.2, -0.15) is 0 Å². The predicted octanol–water partition coefficient (Wildman–Crippen LogP) is 6.85. The van der Waals surface area contributed by atoms with Gasteiger partial charge >= 0.3 is 5.75 Å². The van der Waals surface area contributed by atoms with Crippen LogP contribution in [-0.2, 0) is 12.8 Å². The van der Waals surface area contributed by atoms with Crippen LogP contribution in [0, 0.1) is 0 Å². The Kier molecular flexibility index (Phi) is 8.65. The average Bonchev–Trinajstić information content (AvgIpc) is 2.77. The summed E-state index contributed by atoms with van der Waals surface area (Å²) in [6.07, 6.45) is 5.01. The van der Waals surface area contributed by atoms with Gasteiger partial charge in [0.1, 0.15) is 28.1 Å². The fraction of sp³-hybridized carbons (Fsp3) is 0.464. The van der Waals surface area contributed by atoms with Gasteiger partial charge in [0.2, 0.25) is 16.8 Å². The maximum atomic E-state index is 13.2. The summed E-state index contributed by atoms with van der Waals surface area (Å²) in [7, 11) is 0. The van der Waals surface area contributed by atoms with Gasteiger partial charge in [0, 0.05) is 11.1 Å². The van der Waals surface area contributed by atoms with E-state index in [1.54, 1.807) is 0 Å². The highest BCUT2D eigenvalue weighted by molar-refractivity contribution is 5.99. The Hall–Kier alpha value is -3.15. The molecule has 0 fully saturated rings. The van der Waals surface area contributed by atoms with Crippen molar-refractivity contribution in [2.45, 2.75) is 86.7 Å². The first-order valence-corrected chi connectivity index (χ1v) is 12.1. The largest absolute Gasteiger partial charge is 0.588 e. The zero-order valence-electron chi connectivity index (χ0n) is 21.7. The number of hydrogen-bond acceptors (Lipinski definition) is 5. The molecular formula is C28H39O6+. The van der Waals surface area contributed by atoms with Gasteiger partial charge in [0.15, 0.2) is 0 Å². The minimum Gasteiger partial charge on any atom is -0.588 e. The number of phenols is 2. The van der Waals surface area contributed by atoms with Crippen LogP contribution in [0.15, 0.2) is 33.0 Å². The fourth-order valence-corrected chi connectivity index (χ4v) is 3.82. The van der Waals surface area contributed by atoms with Crippen LogP contribution in [0.4, 0.5) is 0 Å². The molecule has 4 N–H and O–H groups in total. The van der Waals surface area contributed by atoms with E-state index in [-0.39, 0.29) is 39.2 Å². The van der Waals surface area contributed by atoms with E-state index in [1.165, 1.54) is 18.6 Å². The second-order valence-corrected chi connectivity index (χ2v) is 9.16. The van der Waals surface area contributed by atoms with Crippen LogP contribution in [0.25, 0.3) is 21.9 Å². The minimum absolute atomic E-state index is 0.00429. The van der Waals surface area contributed by atoms with E-state index < -0.39 is 11.0 Å². The van der Waals surface area contributed by atoms with Crippen LogP contribution < -0.4 is 10.2 Å². The second-order valence-electron chi connectivity index (χ2n) is 9.16. The summed E-state index contributed by atoms with van der Waals surface area (Å²) >= 11 is 0. The molecule has 1 aliphatic heterocycles. The van der Waals surface area contributed by atoms with E-state index in [0.29, 0.717) is 36.1 Å². The molecule has 2 heterocycles. The van der Waals surface area contributed by atoms with Crippen molar-refractivity contribution in [1.29, 1.82) is 0 Å². The Morgan fingerprint density at radius 3 is 2.35 bits per heavy atom. The van der Waals surface area contributed by atoms with Crippen LogP contribution in [-0.4, -0.2) is 20.9 Å². The Balaban J connectivity index is 0.000000758. The maximum absolute atomic E-state index is 13.2. The molecule has 0 bridgehead atoms. The summed E-state index contributed by atoms with van der Waals surface area (Å²) < 4.78 is 12.2. The topological polar surface area (TPSA) is 103 Å². The number of benzene rings is 2. The smallest absolute Gasteiger partial charge is 0.340 e. The lowest BCUT2D eigenvalue weighted by atomic mass is 9.89. The van der Waals surface area contributed by atoms with Crippen molar-refractivity contribution in [3.8, 4) is 23.0 Å². The maximum Gasteiger partial charge on any atom is 0.340 e. The SMILES string of the molecule is CC.CC(C)=CCc1c2c(c(O)c3c(=O)c4ccc(O)c([OH2+])c4oc13)CCC(C)(C)O2.CCC. The van der Waals surface area contributed by atoms with Crippen molar-refractivity contribution in [3.05, 3.63) is 45.1 Å². The molecule has 0 saturated heterocycles. The van der Waals surface area contributed by atoms with Crippen molar-refractivity contribution >= 4 is 21.9 Å². The molecule has 6 nitrogen and oxygen atoms in total. The summed E-state index contributed by atoms with van der Waals surface area (Å²) in [4.78, 5) is 13.2. The highest BCUT2D eigenvalue weighted by Gasteiger charge is 2.34. The number of hydrogen-bond donors (Lipinski definition) is 2. The minimum atomic E-state index is -0.418. The number of phenolic OH excluding ortho intramolecular Hbond substituents is 2. The first kappa shape index (κ1) is 27.1. The molecule has 0 saturated carbocycles. The molecule has 4 rings (SSSR count). The molecular weight excluding hydrogens is 432 g/mol. The monoisotopic (exact) mass is 471 g/mol. The van der Waals surface area contributed by atoms with Crippen LogP contribution in [0.2, 0.25) is 0 Å². The molecule has 34 heavy (non-hydrogen) atoms. The number of fused-ring (bicyclic) bond motifs is 3. The third kappa shape index (κ3) is 5.16. The Bertz CT molecular complexity index is 1260. The van der Waals surface area contributed by atoms with Gasteiger partial charge < -0.3 is 24.5 Å². The zero-order chi connectivity index (χ0) is 25.8. The molecule has 0 atom stereocenters. The second kappa shape index (κ2) is 10.9. The average molecular weight is 472 g/mol. The Morgan fingerprint density at radius 2 is 1.76 bits per heavy atom. The van der Waals surface area contributed by atoms with Gasteiger partial charge in [0.25, 0.3) is 0 Å². The molecule has 0 amide bonds. The Morgan fingerprint density at radius 1 is 1.15 bits per heavy atom. The summed E-state index contributed by atoms with van der Waals surface area (Å²) in [5.74, 6) is -0.113. The number of aromatic hydroxyl groups is 2. The van der Waals surface area contributed by atoms with Crippen LogP contribution in [0.5, 0.6) is 23.0 Å². The van der Waals surface area contributed by atoms with E-state index in [0.717, 1.165) is 5.57 Å². The van der Waals surface area contributed by atoms with Crippen molar-refractivity contribution < 1.29 is 24.5 Å². The molecule has 1 aliphatic rings. The van der Waals surface area contributed by atoms with Crippen molar-refractivity contribution in [2.75, 3.05) is 0 Å². The van der Waals surface area contributed by atoms with E-state index in [9.17, 15) is 15.0 Å². The van der Waals surface area contributed by atoms with Gasteiger partial charge in [0.05, 0.1) is 5.39 Å². The molecule has 0 aliphatic carbocycles. The molecule has 6 heteroatoms. The molecule has 1 aromatic heterocycles. The summed E-state index contributed by atoms with van der Waals surface area (Å²) in [6, 6.07) is 2.71. The normalized spacial score (nSPS) is 13.6. The first-order valence-electron chi connectivity index (χ1n) is 12.1. The number of allylic oxidation sites excluding steroid dienone is 2. The number of ether oxygens (including phenoxy) is 1. The molecule has 2 aromatic carbocycles. The molecule has 0 spiro atoms. The number of rotatable bonds is 2. The summed E-state index contributed by atoms with van der Waals surface area (Å²) in [5.41, 5.74) is 1.75. The predicted molar refractivity (Wildman–Crippen MR) is 140 cm³/mol. The van der Waals surface area contributed by atoms with E-state index >= 15 is 0 Å². The fourth-order valence-electron chi connectivity index (χ4n) is 3.82. The third-order valence-electron chi connectivity index (χ3n) is 5.45. The summed E-state index contributed by atoms with van der Waals surface area (Å²) in [6.45, 7) is 16.2. The van der Waals surface area contributed by atoms with E-state index in [2.05, 4.69) is 13.8 Å². The van der Waals surface area contributed by atoms with Crippen LogP contribution in [0.1, 0.15) is 79.4 Å². The first-order chi connectivity index (χ1) is 16.0. The highest BCUT2D eigenvalue weighted by atomic mass is 16.5. The van der Waals surface area contributed by atoms with Gasteiger partial charge in [-0.25, -0.2) is 0 Å². The van der Waals surface area contributed by atoms with Gasteiger partial charge in [-0.1, -0.05) is 45.8 Å². The lowest BCUT2D eigenvalue weighted by Crippen LogP contribution is -2.33. The third-order valence-corrected chi connectivity index (χ3v) is 5.45. The molecule has 0 unspecified atom stereocenters. The van der Waals surface area contributed by atoms with Crippen molar-refractivity contribution in [3.63, 3.8) is 0 Å². The standard InChI is InChI=1S/C23H24O6.C3H8.C2H6/c1-11(2)5-6-14-20-13(9-10-23(3,4)29-20)18(26)16-17(25)12-7-8-15(24)19(27)22(12)28-21(14)16;1-3-2;1-2/h5,7-8,24,26-27H,6,9-10H2,1-4H3;3H2,1-2H3;1-2H3/p+1. The molecule has 186 valence electrons. The van der Waals surface area contributed by atoms with Crippen LogP contribution >= 0.6 is 0 Å². The van der Waals surface area contributed by atoms with Gasteiger partial charge in [-0.3, -0.25) is 4.79 Å². The zero-order valence-corrected chi connectivity index (χ0v) is 21.7. The lowest BCUT2D eigenvalue weighted by Gasteiger charge is -2.34. The van der Waals surface area contributed by atoms with Crippen molar-refractivity contribution in [1.82, 2.24) is 0 Å².